The second kappa shape index (κ2) is 5.89. The number of piperidine rings is 1. The van der Waals surface area contributed by atoms with E-state index in [1.807, 2.05) is 7.05 Å². The summed E-state index contributed by atoms with van der Waals surface area (Å²) < 4.78 is 26.8. The Morgan fingerprint density at radius 1 is 1.45 bits per heavy atom. The van der Waals surface area contributed by atoms with Gasteiger partial charge in [-0.25, -0.2) is 8.42 Å². The highest BCUT2D eigenvalue weighted by Gasteiger charge is 2.31. The summed E-state index contributed by atoms with van der Waals surface area (Å²) in [5.41, 5.74) is 6.07. The Bertz CT molecular complexity index is 591. The first-order valence-corrected chi connectivity index (χ1v) is 8.36. The Morgan fingerprint density at radius 3 is 2.80 bits per heavy atom. The lowest BCUT2D eigenvalue weighted by molar-refractivity contribution is 0.187. The van der Waals surface area contributed by atoms with E-state index in [0.29, 0.717) is 5.69 Å². The van der Waals surface area contributed by atoms with Crippen LogP contribution in [0.15, 0.2) is 23.1 Å². The van der Waals surface area contributed by atoms with Gasteiger partial charge in [0.05, 0.1) is 5.02 Å². The normalized spacial score (nSPS) is 21.3. The molecule has 0 saturated carbocycles. The fraction of sp³-hybridized carbons (Fsp3) is 0.538. The SMILES string of the molecule is CN1CCCC(N(C)S(=O)(=O)c2cc(N)ccc2Cl)C1. The topological polar surface area (TPSA) is 66.6 Å². The van der Waals surface area contributed by atoms with Crippen LogP contribution in [0.5, 0.6) is 0 Å². The maximum absolute atomic E-state index is 12.7. The van der Waals surface area contributed by atoms with E-state index in [1.165, 1.54) is 16.4 Å². The monoisotopic (exact) mass is 317 g/mol. The molecule has 112 valence electrons. The van der Waals surface area contributed by atoms with Gasteiger partial charge in [0.25, 0.3) is 0 Å². The predicted molar refractivity (Wildman–Crippen MR) is 81.3 cm³/mol. The van der Waals surface area contributed by atoms with Gasteiger partial charge in [0, 0.05) is 25.3 Å². The van der Waals surface area contributed by atoms with Crippen LogP contribution in [0.3, 0.4) is 0 Å². The van der Waals surface area contributed by atoms with Crippen LogP contribution in [0.1, 0.15) is 12.8 Å². The van der Waals surface area contributed by atoms with Crippen LogP contribution in [0.4, 0.5) is 5.69 Å². The van der Waals surface area contributed by atoms with Gasteiger partial charge < -0.3 is 10.6 Å². The molecule has 0 aromatic heterocycles. The molecule has 0 spiro atoms. The van der Waals surface area contributed by atoms with Gasteiger partial charge in [-0.1, -0.05) is 11.6 Å². The first-order chi connectivity index (χ1) is 9.32. The summed E-state index contributed by atoms with van der Waals surface area (Å²) in [7, 11) is -0.0106. The Kier molecular flexibility index (Phi) is 4.59. The van der Waals surface area contributed by atoms with Gasteiger partial charge >= 0.3 is 0 Å². The van der Waals surface area contributed by atoms with Gasteiger partial charge in [-0.15, -0.1) is 0 Å². The number of nitrogens with two attached hydrogens (primary N) is 1. The second-order valence-electron chi connectivity index (χ2n) is 5.27. The first kappa shape index (κ1) is 15.6. The van der Waals surface area contributed by atoms with Crippen LogP contribution in [-0.4, -0.2) is 50.8 Å². The quantitative estimate of drug-likeness (QED) is 0.861. The lowest BCUT2D eigenvalue weighted by Crippen LogP contribution is -2.47. The molecule has 1 aromatic rings. The molecule has 2 rings (SSSR count). The number of likely N-dealkylation sites (tertiary alicyclic amines) is 1. The van der Waals surface area contributed by atoms with E-state index in [-0.39, 0.29) is 16.0 Å². The molecule has 20 heavy (non-hydrogen) atoms. The molecule has 1 saturated heterocycles. The van der Waals surface area contributed by atoms with Gasteiger partial charge in [0.2, 0.25) is 10.0 Å². The minimum absolute atomic E-state index is 0.0313. The first-order valence-electron chi connectivity index (χ1n) is 6.54. The molecule has 1 unspecified atom stereocenters. The number of hydrogen-bond donors (Lipinski definition) is 1. The van der Waals surface area contributed by atoms with Gasteiger partial charge in [-0.2, -0.15) is 4.31 Å². The average Bonchev–Trinajstić information content (AvgIpc) is 2.40. The summed E-state index contributed by atoms with van der Waals surface area (Å²) in [6.45, 7) is 1.74. The Labute approximate surface area is 125 Å². The Balaban J connectivity index is 2.31. The summed E-state index contributed by atoms with van der Waals surface area (Å²) >= 11 is 6.02. The van der Waals surface area contributed by atoms with E-state index in [9.17, 15) is 8.42 Å². The predicted octanol–water partition coefficient (Wildman–Crippen LogP) is 1.64. The van der Waals surface area contributed by atoms with Crippen molar-refractivity contribution in [2.75, 3.05) is 32.9 Å². The molecule has 0 aliphatic carbocycles. The zero-order valence-corrected chi connectivity index (χ0v) is 13.3. The molecule has 2 N–H and O–H groups in total. The maximum Gasteiger partial charge on any atom is 0.244 e. The highest BCUT2D eigenvalue weighted by atomic mass is 35.5. The number of hydrogen-bond acceptors (Lipinski definition) is 4. The third kappa shape index (κ3) is 3.09. The molecule has 0 bridgehead atoms. The van der Waals surface area contributed by atoms with Crippen molar-refractivity contribution in [2.45, 2.75) is 23.8 Å². The van der Waals surface area contributed by atoms with E-state index in [0.717, 1.165) is 25.9 Å². The lowest BCUT2D eigenvalue weighted by Gasteiger charge is -2.35. The van der Waals surface area contributed by atoms with Crippen LogP contribution in [0, 0.1) is 0 Å². The zero-order chi connectivity index (χ0) is 14.9. The van der Waals surface area contributed by atoms with Crippen LogP contribution < -0.4 is 5.73 Å². The molecule has 1 aliphatic rings. The summed E-state index contributed by atoms with van der Waals surface area (Å²) in [6, 6.07) is 4.50. The molecule has 1 fully saturated rings. The zero-order valence-electron chi connectivity index (χ0n) is 11.7. The van der Waals surface area contributed by atoms with E-state index < -0.39 is 10.0 Å². The minimum atomic E-state index is -3.62. The van der Waals surface area contributed by atoms with Crippen molar-refractivity contribution in [1.29, 1.82) is 0 Å². The van der Waals surface area contributed by atoms with Gasteiger partial charge in [-0.3, -0.25) is 0 Å². The van der Waals surface area contributed by atoms with Gasteiger partial charge in [0.15, 0.2) is 0 Å². The lowest BCUT2D eigenvalue weighted by atomic mass is 10.1. The fourth-order valence-corrected chi connectivity index (χ4v) is 4.39. The number of halogens is 1. The van der Waals surface area contributed by atoms with Crippen LogP contribution in [-0.2, 0) is 10.0 Å². The van der Waals surface area contributed by atoms with E-state index in [1.54, 1.807) is 13.1 Å². The van der Waals surface area contributed by atoms with Crippen LogP contribution >= 0.6 is 11.6 Å². The van der Waals surface area contributed by atoms with Crippen molar-refractivity contribution in [3.05, 3.63) is 23.2 Å². The fourth-order valence-electron chi connectivity index (χ4n) is 2.50. The number of benzene rings is 1. The number of likely N-dealkylation sites (N-methyl/N-ethyl adjacent to an activating group) is 2. The summed E-state index contributed by atoms with van der Waals surface area (Å²) in [5.74, 6) is 0. The minimum Gasteiger partial charge on any atom is -0.399 e. The number of nitrogen functional groups attached to an aromatic ring is 1. The summed E-state index contributed by atoms with van der Waals surface area (Å²) in [4.78, 5) is 2.22. The van der Waals surface area contributed by atoms with E-state index >= 15 is 0 Å². The summed E-state index contributed by atoms with van der Waals surface area (Å²) in [5, 5.41) is 0.204. The molecule has 0 amide bonds. The number of anilines is 1. The molecular weight excluding hydrogens is 298 g/mol. The van der Waals surface area contributed by atoms with Crippen molar-refractivity contribution in [3.63, 3.8) is 0 Å². The number of nitrogens with zero attached hydrogens (tertiary/aromatic N) is 2. The van der Waals surface area contributed by atoms with Crippen molar-refractivity contribution < 1.29 is 8.42 Å². The molecule has 1 aliphatic heterocycles. The number of rotatable bonds is 3. The highest BCUT2D eigenvalue weighted by molar-refractivity contribution is 7.89. The molecular formula is C13H20ClN3O2S. The van der Waals surface area contributed by atoms with Crippen molar-refractivity contribution >= 4 is 27.3 Å². The standard InChI is InChI=1S/C13H20ClN3O2S/c1-16-7-3-4-11(9-16)17(2)20(18,19)13-8-10(15)5-6-12(13)14/h5-6,8,11H,3-4,7,9,15H2,1-2H3. The Morgan fingerprint density at radius 2 is 2.15 bits per heavy atom. The molecule has 0 radical (unpaired) electrons. The Hall–Kier alpha value is -0.820. The second-order valence-corrected chi connectivity index (χ2v) is 7.64. The van der Waals surface area contributed by atoms with Crippen molar-refractivity contribution in [3.8, 4) is 0 Å². The third-order valence-electron chi connectivity index (χ3n) is 3.73. The molecule has 7 heteroatoms. The average molecular weight is 318 g/mol. The van der Waals surface area contributed by atoms with Crippen molar-refractivity contribution in [2.24, 2.45) is 0 Å². The molecule has 1 aromatic carbocycles. The maximum atomic E-state index is 12.7. The molecule has 5 nitrogen and oxygen atoms in total. The van der Waals surface area contributed by atoms with E-state index in [2.05, 4.69) is 4.90 Å². The highest BCUT2D eigenvalue weighted by Crippen LogP contribution is 2.28. The third-order valence-corrected chi connectivity index (χ3v) is 6.12. The smallest absolute Gasteiger partial charge is 0.244 e. The summed E-state index contributed by atoms with van der Waals surface area (Å²) in [6.07, 6.45) is 1.85. The largest absolute Gasteiger partial charge is 0.399 e. The van der Waals surface area contributed by atoms with Gasteiger partial charge in [-0.05, 0) is 44.6 Å². The van der Waals surface area contributed by atoms with Crippen LogP contribution in [0.2, 0.25) is 5.02 Å². The van der Waals surface area contributed by atoms with E-state index in [4.69, 9.17) is 17.3 Å². The van der Waals surface area contributed by atoms with Crippen molar-refractivity contribution in [1.82, 2.24) is 9.21 Å². The van der Waals surface area contributed by atoms with Gasteiger partial charge in [0.1, 0.15) is 4.90 Å². The molecule has 1 heterocycles. The number of sulfonamides is 1. The van der Waals surface area contributed by atoms with Crippen LogP contribution in [0.25, 0.3) is 0 Å². The molecule has 1 atom stereocenters.